The maximum atomic E-state index is 7.02. The number of benzene rings is 4. The zero-order valence-corrected chi connectivity index (χ0v) is 30.9. The molecule has 0 aliphatic carbocycles. The van der Waals surface area contributed by atoms with E-state index in [9.17, 15) is 0 Å². The molecule has 4 aromatic rings. The van der Waals surface area contributed by atoms with Crippen LogP contribution < -0.4 is 17.6 Å². The van der Waals surface area contributed by atoms with Crippen molar-refractivity contribution in [2.75, 3.05) is 0 Å². The molecule has 0 N–H and O–H groups in total. The fraction of sp³-hybridized carbons (Fsp3) is 0.333. The number of halogens is 1. The minimum absolute atomic E-state index is 0.239. The van der Waals surface area contributed by atoms with Crippen molar-refractivity contribution < 1.29 is 0 Å². The SMILES string of the molecule is Cc1cc(C)[c]([Ge]([Cl])[c]2c(C)cc(C)cc2C)c(C)c1.Cc1cc(C)[c]([Ge][c]2c(C)cc(C)cc2C)c(C)c1. The molecule has 4 aromatic carbocycles. The fourth-order valence-corrected chi connectivity index (χ4v) is 16.0. The van der Waals surface area contributed by atoms with Gasteiger partial charge < -0.3 is 0 Å². The molecule has 203 valence electrons. The molecule has 3 heteroatoms. The molecule has 0 unspecified atom stereocenters. The summed E-state index contributed by atoms with van der Waals surface area (Å²) in [6.07, 6.45) is 0. The van der Waals surface area contributed by atoms with Crippen LogP contribution in [0, 0.1) is 83.1 Å². The van der Waals surface area contributed by atoms with Gasteiger partial charge in [-0.15, -0.1) is 0 Å². The first kappa shape index (κ1) is 31.8. The topological polar surface area (TPSA) is 0 Å². The standard InChI is InChI=1S/C18H22ClGe.C18H22Ge/c1-11-7-13(3)17(14(4)8-11)20(19)18-15(5)9-12(2)10-16(18)6;1-11-7-13(3)17(14(4)8-11)19-18-15(5)9-12(2)10-16(18)6/h7-10H,1-6H3;7-10H,1-6H3. The average molecular weight is 657 g/mol. The average Bonchev–Trinajstić information content (AvgIpc) is 2.76. The van der Waals surface area contributed by atoms with Gasteiger partial charge in [0.15, 0.2) is 0 Å². The number of aryl methyl sites for hydroxylation is 12. The molecule has 3 radical (unpaired) electrons. The van der Waals surface area contributed by atoms with E-state index in [1.807, 2.05) is 0 Å². The zero-order chi connectivity index (χ0) is 29.2. The van der Waals surface area contributed by atoms with Gasteiger partial charge in [-0.2, -0.15) is 0 Å². The minimum atomic E-state index is -1.96. The van der Waals surface area contributed by atoms with Crippen LogP contribution in [0.2, 0.25) is 0 Å². The predicted molar refractivity (Wildman–Crippen MR) is 179 cm³/mol. The summed E-state index contributed by atoms with van der Waals surface area (Å²) in [4.78, 5) is 0. The maximum absolute atomic E-state index is 7.02. The first-order chi connectivity index (χ1) is 18.2. The van der Waals surface area contributed by atoms with Crippen molar-refractivity contribution in [1.29, 1.82) is 0 Å². The van der Waals surface area contributed by atoms with E-state index in [1.165, 1.54) is 75.6 Å². The van der Waals surface area contributed by atoms with Gasteiger partial charge in [0, 0.05) is 0 Å². The summed E-state index contributed by atoms with van der Waals surface area (Å²) < 4.78 is 6.07. The molecular formula is C36H44ClGe2. The van der Waals surface area contributed by atoms with E-state index in [0.717, 1.165) is 0 Å². The fourth-order valence-electron chi connectivity index (χ4n) is 6.06. The Morgan fingerprint density at radius 2 is 0.590 bits per heavy atom. The first-order valence-corrected chi connectivity index (χ1v) is 20.8. The molecule has 0 bridgehead atoms. The second-order valence-corrected chi connectivity index (χ2v) is 19.5. The molecule has 4 rings (SSSR count). The third-order valence-electron chi connectivity index (χ3n) is 7.40. The van der Waals surface area contributed by atoms with Crippen LogP contribution in [0.1, 0.15) is 66.8 Å². The molecule has 0 saturated carbocycles. The molecule has 0 saturated heterocycles. The van der Waals surface area contributed by atoms with Crippen LogP contribution in [0.15, 0.2) is 48.5 Å². The quantitative estimate of drug-likeness (QED) is 0.206. The third-order valence-corrected chi connectivity index (χ3v) is 18.9. The van der Waals surface area contributed by atoms with E-state index in [0.29, 0.717) is 0 Å². The normalized spacial score (nSPS) is 11.0. The van der Waals surface area contributed by atoms with Crippen LogP contribution in [-0.2, 0) is 0 Å². The Kier molecular flexibility index (Phi) is 10.8. The van der Waals surface area contributed by atoms with Gasteiger partial charge in [-0.05, 0) is 0 Å². The van der Waals surface area contributed by atoms with Gasteiger partial charge >= 0.3 is 255 Å². The van der Waals surface area contributed by atoms with E-state index in [1.54, 1.807) is 8.79 Å². The summed E-state index contributed by atoms with van der Waals surface area (Å²) in [6.45, 7) is 26.5. The number of hydrogen-bond acceptors (Lipinski definition) is 0. The van der Waals surface area contributed by atoms with Crippen LogP contribution in [-0.4, -0.2) is 28.9 Å². The summed E-state index contributed by atoms with van der Waals surface area (Å²) in [5.74, 6) is 0. The van der Waals surface area contributed by atoms with E-state index in [4.69, 9.17) is 10.0 Å². The Morgan fingerprint density at radius 1 is 0.385 bits per heavy atom. The van der Waals surface area contributed by atoms with E-state index >= 15 is 0 Å². The van der Waals surface area contributed by atoms with Crippen molar-refractivity contribution in [2.45, 2.75) is 83.1 Å². The molecule has 0 aliphatic rings. The molecule has 0 aromatic heterocycles. The van der Waals surface area contributed by atoms with Gasteiger partial charge in [0.25, 0.3) is 0 Å². The molecule has 0 heterocycles. The predicted octanol–water partition coefficient (Wildman–Crippen LogP) is 7.07. The second-order valence-electron chi connectivity index (χ2n) is 11.5. The molecule has 0 amide bonds. The monoisotopic (exact) mass is 659 g/mol. The molecule has 0 aliphatic heterocycles. The van der Waals surface area contributed by atoms with Crippen molar-refractivity contribution in [2.24, 2.45) is 0 Å². The number of hydrogen-bond donors (Lipinski definition) is 0. The Hall–Kier alpha value is -1.74. The Bertz CT molecular complexity index is 1310. The van der Waals surface area contributed by atoms with Crippen molar-refractivity contribution in [3.63, 3.8) is 0 Å². The van der Waals surface area contributed by atoms with Gasteiger partial charge in [0.05, 0.1) is 0 Å². The third kappa shape index (κ3) is 7.72. The zero-order valence-electron chi connectivity index (χ0n) is 26.0. The molecule has 0 spiro atoms. The van der Waals surface area contributed by atoms with Gasteiger partial charge in [0.2, 0.25) is 0 Å². The summed E-state index contributed by atoms with van der Waals surface area (Å²) in [5.41, 5.74) is 16.7. The van der Waals surface area contributed by atoms with Crippen molar-refractivity contribution in [3.8, 4) is 0 Å². The van der Waals surface area contributed by atoms with Gasteiger partial charge in [-0.3, -0.25) is 0 Å². The van der Waals surface area contributed by atoms with E-state index in [2.05, 4.69) is 132 Å². The van der Waals surface area contributed by atoms with Crippen LogP contribution in [0.4, 0.5) is 0 Å². The van der Waals surface area contributed by atoms with Crippen LogP contribution in [0.5, 0.6) is 0 Å². The van der Waals surface area contributed by atoms with Gasteiger partial charge in [-0.25, -0.2) is 0 Å². The second kappa shape index (κ2) is 13.3. The van der Waals surface area contributed by atoms with Crippen LogP contribution >= 0.6 is 10.0 Å². The Balaban J connectivity index is 0.000000216. The molecule has 0 fully saturated rings. The molecule has 39 heavy (non-hydrogen) atoms. The van der Waals surface area contributed by atoms with Crippen molar-refractivity contribution >= 4 is 56.4 Å². The molecular weight excluding hydrogens is 613 g/mol. The van der Waals surface area contributed by atoms with Crippen molar-refractivity contribution in [1.82, 2.24) is 0 Å². The van der Waals surface area contributed by atoms with Crippen molar-refractivity contribution in [3.05, 3.63) is 115 Å². The molecule has 0 atom stereocenters. The van der Waals surface area contributed by atoms with Gasteiger partial charge in [0.1, 0.15) is 0 Å². The number of rotatable bonds is 4. The summed E-state index contributed by atoms with van der Waals surface area (Å²) in [5, 5.41) is 0. The summed E-state index contributed by atoms with van der Waals surface area (Å²) >= 11 is -2.20. The summed E-state index contributed by atoms with van der Waals surface area (Å²) in [6, 6.07) is 18.3. The van der Waals surface area contributed by atoms with Gasteiger partial charge in [-0.1, -0.05) is 0 Å². The Labute approximate surface area is 253 Å². The first-order valence-electron chi connectivity index (χ1n) is 13.8. The molecule has 0 nitrogen and oxygen atoms in total. The van der Waals surface area contributed by atoms with E-state index in [-0.39, 0.29) is 15.4 Å². The Morgan fingerprint density at radius 3 is 0.821 bits per heavy atom. The van der Waals surface area contributed by atoms with Crippen LogP contribution in [0.25, 0.3) is 0 Å². The summed E-state index contributed by atoms with van der Waals surface area (Å²) in [7, 11) is 7.02. The van der Waals surface area contributed by atoms with Crippen LogP contribution in [0.3, 0.4) is 0 Å². The van der Waals surface area contributed by atoms with E-state index < -0.39 is 13.4 Å².